The first-order valence-electron chi connectivity index (χ1n) is 12.5. The van der Waals surface area contributed by atoms with Crippen molar-refractivity contribution in [3.05, 3.63) is 75.1 Å². The van der Waals surface area contributed by atoms with Gasteiger partial charge in [-0.1, -0.05) is 12.1 Å². The van der Waals surface area contributed by atoms with Gasteiger partial charge in [-0.05, 0) is 49.2 Å². The van der Waals surface area contributed by atoms with Crippen LogP contribution in [0.3, 0.4) is 0 Å². The van der Waals surface area contributed by atoms with E-state index in [2.05, 4.69) is 0 Å². The number of phenolic OH excluding ortho intramolecular Hbond substituents is 1. The van der Waals surface area contributed by atoms with Gasteiger partial charge < -0.3 is 39.1 Å². The molecule has 2 aromatic carbocycles. The number of rotatable bonds is 8. The molecule has 1 aliphatic heterocycles. The first kappa shape index (κ1) is 29.0. The van der Waals surface area contributed by atoms with E-state index in [0.717, 1.165) is 6.08 Å². The summed E-state index contributed by atoms with van der Waals surface area (Å²) in [4.78, 5) is 37.7. The zero-order valence-corrected chi connectivity index (χ0v) is 22.1. The van der Waals surface area contributed by atoms with Crippen LogP contribution in [0, 0.1) is 6.92 Å². The number of methoxy groups -OCH3 is 1. The summed E-state index contributed by atoms with van der Waals surface area (Å²) < 4.78 is 23.1. The molecule has 0 spiro atoms. The number of hydrogen-bond acceptors (Lipinski definition) is 11. The summed E-state index contributed by atoms with van der Waals surface area (Å²) in [6.07, 6.45) is -5.15. The van der Waals surface area contributed by atoms with Crippen LogP contribution in [0.1, 0.15) is 35.5 Å². The molecule has 4 N–H and O–H groups in total. The van der Waals surface area contributed by atoms with Crippen LogP contribution in [0.4, 0.5) is 0 Å². The number of carbonyl (C=O) groups excluding carboxylic acids is 2. The molecule has 0 aliphatic carbocycles. The lowest BCUT2D eigenvalue weighted by Gasteiger charge is -2.42. The lowest BCUT2D eigenvalue weighted by molar-refractivity contribution is -0.239. The van der Waals surface area contributed by atoms with E-state index in [9.17, 15) is 34.8 Å². The fraction of sp³-hybridized carbons (Fsp3) is 0.345. The molecule has 11 heteroatoms. The van der Waals surface area contributed by atoms with Crippen LogP contribution in [0.2, 0.25) is 0 Å². The summed E-state index contributed by atoms with van der Waals surface area (Å²) in [6, 6.07) is 8.79. The number of aliphatic hydroxyl groups is 3. The second-order valence-corrected chi connectivity index (χ2v) is 9.55. The van der Waals surface area contributed by atoms with Crippen LogP contribution in [0.5, 0.6) is 11.5 Å². The van der Waals surface area contributed by atoms with Crippen LogP contribution in [0.15, 0.2) is 51.7 Å². The van der Waals surface area contributed by atoms with Gasteiger partial charge in [0.1, 0.15) is 53.0 Å². The molecular formula is C29H30O11. The van der Waals surface area contributed by atoms with Gasteiger partial charge in [-0.3, -0.25) is 9.59 Å². The smallest absolute Gasteiger partial charge is 0.331 e. The molecule has 0 amide bonds. The van der Waals surface area contributed by atoms with Gasteiger partial charge in [0.25, 0.3) is 0 Å². The zero-order valence-electron chi connectivity index (χ0n) is 22.1. The maximum atomic E-state index is 13.1. The van der Waals surface area contributed by atoms with Gasteiger partial charge in [-0.25, -0.2) is 4.79 Å². The number of esters is 1. The Morgan fingerprint density at radius 2 is 1.80 bits per heavy atom. The molecule has 1 fully saturated rings. The normalized spacial score (nSPS) is 22.9. The number of fused-ring (bicyclic) bond motifs is 1. The predicted octanol–water partition coefficient (Wildman–Crippen LogP) is 1.73. The fourth-order valence-corrected chi connectivity index (χ4v) is 4.71. The quantitative estimate of drug-likeness (QED) is 0.236. The molecule has 0 bridgehead atoms. The highest BCUT2D eigenvalue weighted by atomic mass is 16.6. The molecular weight excluding hydrogens is 524 g/mol. The van der Waals surface area contributed by atoms with E-state index in [0.29, 0.717) is 11.1 Å². The van der Waals surface area contributed by atoms with Crippen LogP contribution in [-0.2, 0) is 25.5 Å². The number of ether oxygens (including phenoxy) is 3. The number of aryl methyl sites for hydroxylation is 1. The van der Waals surface area contributed by atoms with E-state index >= 15 is 0 Å². The average Bonchev–Trinajstić information content (AvgIpc) is 2.90. The van der Waals surface area contributed by atoms with E-state index in [4.69, 9.17) is 18.6 Å². The Morgan fingerprint density at radius 1 is 1.10 bits per heavy atom. The minimum atomic E-state index is -1.71. The monoisotopic (exact) mass is 554 g/mol. The Balaban J connectivity index is 1.83. The van der Waals surface area contributed by atoms with E-state index in [1.54, 1.807) is 25.1 Å². The van der Waals surface area contributed by atoms with Crippen molar-refractivity contribution in [3.63, 3.8) is 0 Å². The number of carbonyl (C=O) groups is 2. The van der Waals surface area contributed by atoms with E-state index in [-0.39, 0.29) is 46.0 Å². The van der Waals surface area contributed by atoms with Crippen molar-refractivity contribution in [3.8, 4) is 11.5 Å². The maximum absolute atomic E-state index is 13.1. The summed E-state index contributed by atoms with van der Waals surface area (Å²) in [5, 5.41) is 41.0. The number of benzene rings is 2. The number of ketones is 1. The third kappa shape index (κ3) is 5.92. The summed E-state index contributed by atoms with van der Waals surface area (Å²) >= 11 is 0. The Bertz CT molecular complexity index is 1490. The minimum absolute atomic E-state index is 0.00781. The molecule has 1 aromatic heterocycles. The van der Waals surface area contributed by atoms with Gasteiger partial charge in [-0.2, -0.15) is 0 Å². The zero-order chi connectivity index (χ0) is 29.1. The van der Waals surface area contributed by atoms with Gasteiger partial charge in [0.15, 0.2) is 11.5 Å². The van der Waals surface area contributed by atoms with Gasteiger partial charge >= 0.3 is 5.97 Å². The molecule has 11 nitrogen and oxygen atoms in total. The SMILES string of the molecule is COc1cc(C)c2c(=O)cc(CC(C)=O)oc2c1[C@@H]1O[C@H](CO)[C@@H](O)[C@H](O)[C@H]1OC(=O)C=Cc1ccc(O)cc1. The molecule has 1 saturated heterocycles. The van der Waals surface area contributed by atoms with E-state index in [1.165, 1.54) is 38.3 Å². The largest absolute Gasteiger partial charge is 0.508 e. The molecule has 4 rings (SSSR count). The molecule has 5 atom stereocenters. The average molecular weight is 555 g/mol. The van der Waals surface area contributed by atoms with Crippen molar-refractivity contribution >= 4 is 28.8 Å². The Hall–Kier alpha value is -4.03. The summed E-state index contributed by atoms with van der Waals surface area (Å²) in [6.45, 7) is 2.33. The Morgan fingerprint density at radius 3 is 2.42 bits per heavy atom. The summed E-state index contributed by atoms with van der Waals surface area (Å²) in [5.41, 5.74) is 0.735. The topological polar surface area (TPSA) is 173 Å². The highest BCUT2D eigenvalue weighted by molar-refractivity contribution is 5.88. The standard InChI is InChI=1S/C29H30O11/c1-14-10-20(37-3)24(27-23(14)19(33)12-18(38-27)11-15(2)31)28-29(26(36)25(35)21(13-30)39-28)40-22(34)9-6-16-4-7-17(32)8-5-16/h4-10,12,21,25-26,28-30,32,35-36H,11,13H2,1-3H3/t21-,25-,26+,28+,29-/m1/s1. The van der Waals surface area contributed by atoms with Crippen molar-refractivity contribution in [2.75, 3.05) is 13.7 Å². The number of phenols is 1. The molecule has 0 saturated carbocycles. The second-order valence-electron chi connectivity index (χ2n) is 9.55. The highest BCUT2D eigenvalue weighted by Crippen LogP contribution is 2.43. The van der Waals surface area contributed by atoms with Crippen molar-refractivity contribution in [2.45, 2.75) is 50.8 Å². The van der Waals surface area contributed by atoms with E-state index < -0.39 is 48.5 Å². The maximum Gasteiger partial charge on any atom is 0.331 e. The van der Waals surface area contributed by atoms with Gasteiger partial charge in [0, 0.05) is 12.1 Å². The molecule has 212 valence electrons. The fourth-order valence-electron chi connectivity index (χ4n) is 4.71. The van der Waals surface area contributed by atoms with E-state index in [1.807, 2.05) is 0 Å². The third-order valence-electron chi connectivity index (χ3n) is 6.60. The summed E-state index contributed by atoms with van der Waals surface area (Å²) in [5.74, 6) is -0.841. The lowest BCUT2D eigenvalue weighted by Crippen LogP contribution is -2.56. The molecule has 0 radical (unpaired) electrons. The Labute approximate surface area is 228 Å². The first-order valence-corrected chi connectivity index (χ1v) is 12.5. The molecule has 40 heavy (non-hydrogen) atoms. The first-order chi connectivity index (χ1) is 19.0. The van der Waals surface area contributed by atoms with Crippen molar-refractivity contribution in [1.82, 2.24) is 0 Å². The third-order valence-corrected chi connectivity index (χ3v) is 6.60. The molecule has 3 aromatic rings. The van der Waals surface area contributed by atoms with Gasteiger partial charge in [0.05, 0.1) is 31.1 Å². The predicted molar refractivity (Wildman–Crippen MR) is 142 cm³/mol. The molecule has 0 unspecified atom stereocenters. The molecule has 1 aliphatic rings. The van der Waals surface area contributed by atoms with Crippen LogP contribution >= 0.6 is 0 Å². The lowest BCUT2D eigenvalue weighted by atomic mass is 9.89. The van der Waals surface area contributed by atoms with Gasteiger partial charge in [0.2, 0.25) is 0 Å². The van der Waals surface area contributed by atoms with Crippen molar-refractivity contribution in [1.29, 1.82) is 0 Å². The number of Topliss-reactive ketones (excluding diaryl/α,β-unsaturated/α-hetero) is 1. The highest BCUT2D eigenvalue weighted by Gasteiger charge is 2.49. The van der Waals surface area contributed by atoms with Gasteiger partial charge in [-0.15, -0.1) is 0 Å². The number of aromatic hydroxyl groups is 1. The number of aliphatic hydroxyl groups excluding tert-OH is 3. The number of hydrogen-bond donors (Lipinski definition) is 4. The van der Waals surface area contributed by atoms with Crippen molar-refractivity contribution in [2.24, 2.45) is 0 Å². The van der Waals surface area contributed by atoms with Crippen LogP contribution < -0.4 is 10.2 Å². The summed E-state index contributed by atoms with van der Waals surface area (Å²) in [7, 11) is 1.36. The Kier molecular flexibility index (Phi) is 8.70. The second kappa shape index (κ2) is 12.0. The van der Waals surface area contributed by atoms with Crippen LogP contribution in [0.25, 0.3) is 17.0 Å². The van der Waals surface area contributed by atoms with Crippen molar-refractivity contribution < 1.29 is 48.6 Å². The minimum Gasteiger partial charge on any atom is -0.508 e. The molecule has 2 heterocycles. The van der Waals surface area contributed by atoms with Crippen LogP contribution in [-0.4, -0.2) is 70.3 Å².